The molecule has 37 heavy (non-hydrogen) atoms. The molecule has 1 fully saturated rings. The standard InChI is InChI=1S/C28H31FN4O4/c29-19-8-11-25-23(14-19)28(36)32-17-21-10-9-20(15-26(34)30-12-13-37-25)33(21)27(35)7-3-4-18-16-31-24-6-2-1-5-22(18)24/h1-2,5-6,8,11,14,16,20-21,31H,3-4,7,9-10,12-13,15,17H2,(H,30,34)(H,32,36)/t20-,21+/m0/s1. The first-order chi connectivity index (χ1) is 18.0. The summed E-state index contributed by atoms with van der Waals surface area (Å²) in [6, 6.07) is 11.4. The zero-order valence-corrected chi connectivity index (χ0v) is 20.6. The number of fused-ring (bicyclic) bond motifs is 4. The molecular formula is C28H31FN4O4. The summed E-state index contributed by atoms with van der Waals surface area (Å²) in [7, 11) is 0. The lowest BCUT2D eigenvalue weighted by Gasteiger charge is -2.31. The SMILES string of the molecule is O=C1C[C@@H]2CC[C@H](CNC(=O)c3cc(F)ccc3OCCN1)N2C(=O)CCCc1c[nH]c2ccccc12. The minimum absolute atomic E-state index is 0.0173. The van der Waals surface area contributed by atoms with Crippen molar-refractivity contribution in [3.63, 3.8) is 0 Å². The lowest BCUT2D eigenvalue weighted by atomic mass is 10.1. The predicted octanol–water partition coefficient (Wildman–Crippen LogP) is 3.32. The van der Waals surface area contributed by atoms with Crippen molar-refractivity contribution in [2.75, 3.05) is 19.7 Å². The first-order valence-electron chi connectivity index (χ1n) is 12.8. The summed E-state index contributed by atoms with van der Waals surface area (Å²) in [5, 5.41) is 6.85. The molecule has 2 atom stereocenters. The lowest BCUT2D eigenvalue weighted by molar-refractivity contribution is -0.135. The molecule has 0 spiro atoms. The Morgan fingerprint density at radius 3 is 2.81 bits per heavy atom. The number of nitrogens with zero attached hydrogens (tertiary/aromatic N) is 1. The van der Waals surface area contributed by atoms with Crippen LogP contribution in [0.2, 0.25) is 0 Å². The highest BCUT2D eigenvalue weighted by Gasteiger charge is 2.37. The van der Waals surface area contributed by atoms with Crippen LogP contribution in [0.25, 0.3) is 10.9 Å². The van der Waals surface area contributed by atoms with E-state index in [9.17, 15) is 18.8 Å². The molecule has 3 aromatic rings. The van der Waals surface area contributed by atoms with Gasteiger partial charge in [0.25, 0.3) is 5.91 Å². The summed E-state index contributed by atoms with van der Waals surface area (Å²) in [5.41, 5.74) is 2.34. The molecule has 0 unspecified atom stereocenters. The number of aryl methyl sites for hydroxylation is 1. The molecule has 194 valence electrons. The van der Waals surface area contributed by atoms with E-state index in [1.165, 1.54) is 17.7 Å². The molecule has 1 saturated heterocycles. The van der Waals surface area contributed by atoms with Crippen LogP contribution in [0.15, 0.2) is 48.7 Å². The molecule has 2 aromatic carbocycles. The Labute approximate surface area is 214 Å². The van der Waals surface area contributed by atoms with E-state index < -0.39 is 11.7 Å². The maximum atomic E-state index is 13.9. The highest BCUT2D eigenvalue weighted by atomic mass is 19.1. The minimum Gasteiger partial charge on any atom is -0.491 e. The fourth-order valence-electron chi connectivity index (χ4n) is 5.42. The third kappa shape index (κ3) is 5.60. The Bertz CT molecular complexity index is 1310. The highest BCUT2D eigenvalue weighted by molar-refractivity contribution is 5.97. The minimum atomic E-state index is -0.542. The Balaban J connectivity index is 1.29. The second-order valence-corrected chi connectivity index (χ2v) is 9.65. The number of aromatic amines is 1. The molecule has 3 N–H and O–H groups in total. The number of carbonyl (C=O) groups excluding carboxylic acids is 3. The molecule has 0 saturated carbocycles. The van der Waals surface area contributed by atoms with Crippen LogP contribution in [-0.4, -0.2) is 59.4 Å². The topological polar surface area (TPSA) is 104 Å². The van der Waals surface area contributed by atoms with Gasteiger partial charge in [-0.2, -0.15) is 0 Å². The van der Waals surface area contributed by atoms with Crippen LogP contribution < -0.4 is 15.4 Å². The average molecular weight is 507 g/mol. The number of nitrogens with one attached hydrogen (secondary N) is 3. The van der Waals surface area contributed by atoms with Crippen LogP contribution in [0.4, 0.5) is 4.39 Å². The van der Waals surface area contributed by atoms with Gasteiger partial charge < -0.3 is 25.3 Å². The van der Waals surface area contributed by atoms with Crippen molar-refractivity contribution in [1.82, 2.24) is 20.5 Å². The number of hydrogen-bond acceptors (Lipinski definition) is 4. The molecule has 9 heteroatoms. The summed E-state index contributed by atoms with van der Waals surface area (Å²) in [4.78, 5) is 44.0. The fourth-order valence-corrected chi connectivity index (χ4v) is 5.42. The Morgan fingerprint density at radius 1 is 1.08 bits per heavy atom. The van der Waals surface area contributed by atoms with Crippen molar-refractivity contribution in [1.29, 1.82) is 0 Å². The Kier molecular flexibility index (Phi) is 7.39. The van der Waals surface area contributed by atoms with Crippen molar-refractivity contribution in [3.05, 3.63) is 65.6 Å². The van der Waals surface area contributed by atoms with Crippen molar-refractivity contribution in [2.24, 2.45) is 0 Å². The predicted molar refractivity (Wildman–Crippen MR) is 137 cm³/mol. The van der Waals surface area contributed by atoms with E-state index in [0.717, 1.165) is 23.4 Å². The number of hydrogen-bond donors (Lipinski definition) is 3. The summed E-state index contributed by atoms with van der Waals surface area (Å²) in [6.07, 6.45) is 5.36. The van der Waals surface area contributed by atoms with Crippen molar-refractivity contribution < 1.29 is 23.5 Å². The van der Waals surface area contributed by atoms with Crippen molar-refractivity contribution >= 4 is 28.6 Å². The third-order valence-corrected chi connectivity index (χ3v) is 7.21. The Hall–Kier alpha value is -3.88. The van der Waals surface area contributed by atoms with Crippen LogP contribution in [0.5, 0.6) is 5.75 Å². The van der Waals surface area contributed by atoms with Gasteiger partial charge in [0.15, 0.2) is 0 Å². The second kappa shape index (κ2) is 11.0. The van der Waals surface area contributed by atoms with Gasteiger partial charge in [-0.25, -0.2) is 4.39 Å². The number of rotatable bonds is 4. The van der Waals surface area contributed by atoms with Gasteiger partial charge in [-0.1, -0.05) is 18.2 Å². The smallest absolute Gasteiger partial charge is 0.255 e. The van der Waals surface area contributed by atoms with Gasteiger partial charge in [0, 0.05) is 48.6 Å². The molecule has 5 rings (SSSR count). The highest BCUT2D eigenvalue weighted by Crippen LogP contribution is 2.29. The monoisotopic (exact) mass is 506 g/mol. The van der Waals surface area contributed by atoms with Crippen LogP contribution in [-0.2, 0) is 16.0 Å². The fraction of sp³-hybridized carbons (Fsp3) is 0.393. The molecule has 8 nitrogen and oxygen atoms in total. The van der Waals surface area contributed by atoms with E-state index in [2.05, 4.69) is 21.7 Å². The van der Waals surface area contributed by atoms with Crippen molar-refractivity contribution in [3.8, 4) is 5.75 Å². The average Bonchev–Trinajstić information content (AvgIpc) is 3.49. The number of H-pyrrole nitrogens is 1. The summed E-state index contributed by atoms with van der Waals surface area (Å²) >= 11 is 0. The summed E-state index contributed by atoms with van der Waals surface area (Å²) in [6.45, 7) is 0.606. The zero-order chi connectivity index (χ0) is 25.8. The summed E-state index contributed by atoms with van der Waals surface area (Å²) < 4.78 is 19.5. The van der Waals surface area contributed by atoms with E-state index >= 15 is 0 Å². The number of benzene rings is 2. The Morgan fingerprint density at radius 2 is 1.92 bits per heavy atom. The van der Waals surface area contributed by atoms with Gasteiger partial charge in [0.05, 0.1) is 12.1 Å². The molecule has 0 aliphatic carbocycles. The van der Waals surface area contributed by atoms with E-state index in [0.29, 0.717) is 25.7 Å². The number of para-hydroxylation sites is 1. The third-order valence-electron chi connectivity index (χ3n) is 7.21. The van der Waals surface area contributed by atoms with Gasteiger partial charge >= 0.3 is 0 Å². The van der Waals surface area contributed by atoms with Gasteiger partial charge in [-0.15, -0.1) is 0 Å². The van der Waals surface area contributed by atoms with Crippen LogP contribution in [0.3, 0.4) is 0 Å². The largest absolute Gasteiger partial charge is 0.491 e. The van der Waals surface area contributed by atoms with Gasteiger partial charge in [0.1, 0.15) is 18.2 Å². The van der Waals surface area contributed by atoms with Crippen molar-refractivity contribution in [2.45, 2.75) is 50.6 Å². The quantitative estimate of drug-likeness (QED) is 0.505. The molecule has 3 amide bonds. The molecule has 0 radical (unpaired) electrons. The summed E-state index contributed by atoms with van der Waals surface area (Å²) in [5.74, 6) is -0.909. The zero-order valence-electron chi connectivity index (χ0n) is 20.6. The molecular weight excluding hydrogens is 475 g/mol. The molecule has 2 bridgehead atoms. The molecule has 2 aliphatic rings. The maximum absolute atomic E-state index is 13.9. The van der Waals surface area contributed by atoms with Gasteiger partial charge in [0.2, 0.25) is 11.8 Å². The normalized spacial score (nSPS) is 20.5. The number of halogens is 1. The molecule has 1 aromatic heterocycles. The number of ether oxygens (including phenoxy) is 1. The van der Waals surface area contributed by atoms with E-state index in [4.69, 9.17) is 4.74 Å². The lowest BCUT2D eigenvalue weighted by Crippen LogP contribution is -2.48. The first-order valence-corrected chi connectivity index (χ1v) is 12.8. The number of aromatic nitrogens is 1. The van der Waals surface area contributed by atoms with Crippen LogP contribution in [0, 0.1) is 5.82 Å². The first kappa shape index (κ1) is 24.8. The van der Waals surface area contributed by atoms with Crippen LogP contribution >= 0.6 is 0 Å². The van der Waals surface area contributed by atoms with Gasteiger partial charge in [-0.3, -0.25) is 14.4 Å². The molecule has 3 heterocycles. The number of carbonyl (C=O) groups is 3. The van der Waals surface area contributed by atoms with Gasteiger partial charge in [-0.05, 0) is 55.5 Å². The maximum Gasteiger partial charge on any atom is 0.255 e. The number of amides is 3. The van der Waals surface area contributed by atoms with E-state index in [1.54, 1.807) is 4.90 Å². The molecule has 2 aliphatic heterocycles. The van der Waals surface area contributed by atoms with Crippen LogP contribution in [0.1, 0.15) is 48.0 Å². The van der Waals surface area contributed by atoms with E-state index in [1.807, 2.05) is 24.4 Å². The van der Waals surface area contributed by atoms with E-state index in [-0.39, 0.29) is 61.3 Å². The second-order valence-electron chi connectivity index (χ2n) is 9.65.